The van der Waals surface area contributed by atoms with Crippen LogP contribution >= 0.6 is 0 Å². The van der Waals surface area contributed by atoms with Crippen molar-refractivity contribution in [2.75, 3.05) is 0 Å². The Kier molecular flexibility index (Phi) is 3.88. The van der Waals surface area contributed by atoms with Crippen LogP contribution in [0.5, 0.6) is 0 Å². The van der Waals surface area contributed by atoms with Crippen molar-refractivity contribution in [3.05, 3.63) is 0 Å². The lowest BCUT2D eigenvalue weighted by molar-refractivity contribution is -0.185. The van der Waals surface area contributed by atoms with Crippen LogP contribution in [0.15, 0.2) is 0 Å². The Morgan fingerprint density at radius 2 is 1.62 bits per heavy atom. The highest BCUT2D eigenvalue weighted by molar-refractivity contribution is 5.74. The smallest absolute Gasteiger partial charge is 0.309 e. The monoisotopic (exact) mass is 190 g/mol. The molecular weight excluding hydrogens is 172 g/mol. The Morgan fingerprint density at radius 3 is 1.69 bits per heavy atom. The van der Waals surface area contributed by atoms with Gasteiger partial charge in [0.2, 0.25) is 0 Å². The summed E-state index contributed by atoms with van der Waals surface area (Å²) in [6, 6.07) is 0. The van der Waals surface area contributed by atoms with Crippen LogP contribution in [0.1, 0.15) is 40.0 Å². The zero-order valence-corrected chi connectivity index (χ0v) is 8.37. The summed E-state index contributed by atoms with van der Waals surface area (Å²) in [6.45, 7) is 4.68. The maximum atomic E-state index is 10.9. The number of aliphatic carboxylic acids is 1. The van der Waals surface area contributed by atoms with E-state index in [0.717, 1.165) is 0 Å². The van der Waals surface area contributed by atoms with Gasteiger partial charge in [-0.15, -0.1) is 0 Å². The van der Waals surface area contributed by atoms with Crippen LogP contribution in [0.2, 0.25) is 0 Å². The van der Waals surface area contributed by atoms with Gasteiger partial charge >= 0.3 is 5.97 Å². The molecule has 0 rings (SSSR count). The molecule has 0 aromatic carbocycles. The summed E-state index contributed by atoms with van der Waals surface area (Å²) < 4.78 is 0. The number of carbonyl (C=O) groups is 1. The molecule has 0 aliphatic carbocycles. The van der Waals surface area contributed by atoms with E-state index in [1.807, 2.05) is 0 Å². The summed E-state index contributed by atoms with van der Waals surface area (Å²) in [6.07, 6.45) is 0.660. The van der Waals surface area contributed by atoms with Crippen molar-refractivity contribution in [1.82, 2.24) is 0 Å². The van der Waals surface area contributed by atoms with Gasteiger partial charge in [0, 0.05) is 6.42 Å². The van der Waals surface area contributed by atoms with Crippen molar-refractivity contribution < 1.29 is 20.1 Å². The van der Waals surface area contributed by atoms with Crippen LogP contribution in [0.25, 0.3) is 0 Å². The van der Waals surface area contributed by atoms with Crippen molar-refractivity contribution >= 4 is 5.97 Å². The average Bonchev–Trinajstić information content (AvgIpc) is 1.98. The summed E-state index contributed by atoms with van der Waals surface area (Å²) in [7, 11) is 0. The molecule has 0 fully saturated rings. The van der Waals surface area contributed by atoms with Gasteiger partial charge in [0.05, 0.1) is 5.41 Å². The van der Waals surface area contributed by atoms with Gasteiger partial charge in [0.25, 0.3) is 0 Å². The third kappa shape index (κ3) is 3.32. The molecule has 4 heteroatoms. The highest BCUT2D eigenvalue weighted by Crippen LogP contribution is 2.34. The van der Waals surface area contributed by atoms with Gasteiger partial charge in [-0.2, -0.15) is 0 Å². The number of rotatable bonds is 5. The topological polar surface area (TPSA) is 77.8 Å². The fourth-order valence-electron chi connectivity index (χ4n) is 1.52. The minimum atomic E-state index is -1.91. The van der Waals surface area contributed by atoms with Gasteiger partial charge in [-0.05, 0) is 19.8 Å². The summed E-state index contributed by atoms with van der Waals surface area (Å²) in [5.74, 6) is -2.88. The second-order valence-corrected chi connectivity index (χ2v) is 3.69. The standard InChI is InChI=1S/C9H18O4/c1-4-9(5-2,7(10)11)6-8(3,12)13/h12-13H,4-6H2,1-3H3,(H,10,11). The zero-order chi connectivity index (χ0) is 10.7. The molecule has 78 valence electrons. The van der Waals surface area contributed by atoms with Gasteiger partial charge in [-0.3, -0.25) is 4.79 Å². The molecular formula is C9H18O4. The molecule has 0 radical (unpaired) electrons. The predicted octanol–water partition coefficient (Wildman–Crippen LogP) is 0.968. The lowest BCUT2D eigenvalue weighted by Gasteiger charge is -2.31. The first kappa shape index (κ1) is 12.4. The third-order valence-corrected chi connectivity index (χ3v) is 2.48. The second-order valence-electron chi connectivity index (χ2n) is 3.69. The minimum absolute atomic E-state index is 0.137. The van der Waals surface area contributed by atoms with Crippen molar-refractivity contribution in [3.63, 3.8) is 0 Å². The number of hydrogen-bond donors (Lipinski definition) is 3. The molecule has 0 bridgehead atoms. The fraction of sp³-hybridized carbons (Fsp3) is 0.889. The Bertz CT molecular complexity index is 177. The van der Waals surface area contributed by atoms with Gasteiger partial charge in [0.15, 0.2) is 5.79 Å². The molecule has 0 atom stereocenters. The molecule has 13 heavy (non-hydrogen) atoms. The van der Waals surface area contributed by atoms with Gasteiger partial charge < -0.3 is 15.3 Å². The number of carboxylic acid groups (broad SMARTS) is 1. The van der Waals surface area contributed by atoms with E-state index < -0.39 is 17.2 Å². The van der Waals surface area contributed by atoms with E-state index in [2.05, 4.69) is 0 Å². The lowest BCUT2D eigenvalue weighted by Crippen LogP contribution is -2.39. The molecule has 0 aromatic rings. The van der Waals surface area contributed by atoms with Gasteiger partial charge in [-0.25, -0.2) is 0 Å². The van der Waals surface area contributed by atoms with Gasteiger partial charge in [0.1, 0.15) is 0 Å². The molecule has 0 aliphatic heterocycles. The van der Waals surface area contributed by atoms with Crippen LogP contribution in [0.3, 0.4) is 0 Å². The largest absolute Gasteiger partial charge is 0.481 e. The van der Waals surface area contributed by atoms with Crippen molar-refractivity contribution in [1.29, 1.82) is 0 Å². The third-order valence-electron chi connectivity index (χ3n) is 2.48. The highest BCUT2D eigenvalue weighted by Gasteiger charge is 2.40. The first-order chi connectivity index (χ1) is 5.77. The van der Waals surface area contributed by atoms with Crippen molar-refractivity contribution in [2.24, 2.45) is 5.41 Å². The first-order valence-electron chi connectivity index (χ1n) is 4.45. The van der Waals surface area contributed by atoms with Crippen molar-refractivity contribution in [3.8, 4) is 0 Å². The molecule has 0 aliphatic rings. The zero-order valence-electron chi connectivity index (χ0n) is 8.37. The number of aliphatic hydroxyl groups is 2. The molecule has 0 saturated heterocycles. The first-order valence-corrected chi connectivity index (χ1v) is 4.45. The Balaban J connectivity index is 4.69. The SMILES string of the molecule is CCC(CC)(CC(C)(O)O)C(=O)O. The second kappa shape index (κ2) is 4.07. The van der Waals surface area contributed by atoms with E-state index in [9.17, 15) is 4.79 Å². The molecule has 3 N–H and O–H groups in total. The molecule has 0 aromatic heterocycles. The Morgan fingerprint density at radius 1 is 1.23 bits per heavy atom. The van der Waals surface area contributed by atoms with E-state index in [1.165, 1.54) is 6.92 Å². The summed E-state index contributed by atoms with van der Waals surface area (Å²) in [5.41, 5.74) is -1.02. The van der Waals surface area contributed by atoms with Crippen LogP contribution in [-0.2, 0) is 4.79 Å². The van der Waals surface area contributed by atoms with Crippen LogP contribution < -0.4 is 0 Å². The van der Waals surface area contributed by atoms with E-state index in [0.29, 0.717) is 12.8 Å². The van der Waals surface area contributed by atoms with E-state index in [4.69, 9.17) is 15.3 Å². The fourth-order valence-corrected chi connectivity index (χ4v) is 1.52. The molecule has 0 spiro atoms. The number of carboxylic acids is 1. The molecule has 4 nitrogen and oxygen atoms in total. The Hall–Kier alpha value is -0.610. The maximum Gasteiger partial charge on any atom is 0.309 e. The van der Waals surface area contributed by atoms with Gasteiger partial charge in [-0.1, -0.05) is 13.8 Å². The summed E-state index contributed by atoms with van der Waals surface area (Å²) in [4.78, 5) is 10.9. The van der Waals surface area contributed by atoms with E-state index in [1.54, 1.807) is 13.8 Å². The summed E-state index contributed by atoms with van der Waals surface area (Å²) in [5, 5.41) is 27.3. The van der Waals surface area contributed by atoms with E-state index in [-0.39, 0.29) is 6.42 Å². The quantitative estimate of drug-likeness (QED) is 0.564. The minimum Gasteiger partial charge on any atom is -0.481 e. The lowest BCUT2D eigenvalue weighted by atomic mass is 9.77. The maximum absolute atomic E-state index is 10.9. The normalized spacial score (nSPS) is 13.0. The molecule has 0 saturated carbocycles. The highest BCUT2D eigenvalue weighted by atomic mass is 16.5. The molecule has 0 heterocycles. The van der Waals surface area contributed by atoms with Crippen LogP contribution in [-0.4, -0.2) is 27.1 Å². The van der Waals surface area contributed by atoms with Crippen LogP contribution in [0.4, 0.5) is 0 Å². The molecule has 0 unspecified atom stereocenters. The van der Waals surface area contributed by atoms with Crippen molar-refractivity contribution in [2.45, 2.75) is 45.8 Å². The van der Waals surface area contributed by atoms with Crippen LogP contribution in [0, 0.1) is 5.41 Å². The Labute approximate surface area is 78.2 Å². The molecule has 0 amide bonds. The van der Waals surface area contributed by atoms with E-state index >= 15 is 0 Å². The average molecular weight is 190 g/mol. The number of hydrogen-bond acceptors (Lipinski definition) is 3. The summed E-state index contributed by atoms with van der Waals surface area (Å²) >= 11 is 0. The predicted molar refractivity (Wildman–Crippen MR) is 48.1 cm³/mol.